The van der Waals surface area contributed by atoms with Gasteiger partial charge in [-0.25, -0.2) is 4.98 Å². The first-order valence-electron chi connectivity index (χ1n) is 7.26. The predicted octanol–water partition coefficient (Wildman–Crippen LogP) is 2.67. The third kappa shape index (κ3) is 4.10. The molecule has 4 heteroatoms. The van der Waals surface area contributed by atoms with Gasteiger partial charge in [-0.15, -0.1) is 0 Å². The maximum absolute atomic E-state index is 5.72. The van der Waals surface area contributed by atoms with E-state index in [1.165, 1.54) is 12.8 Å². The first-order valence-corrected chi connectivity index (χ1v) is 7.26. The van der Waals surface area contributed by atoms with Gasteiger partial charge in [-0.1, -0.05) is 13.8 Å². The van der Waals surface area contributed by atoms with Gasteiger partial charge in [0.05, 0.1) is 6.61 Å². The number of hydrogen-bond acceptors (Lipinski definition) is 4. The molecule has 1 aliphatic heterocycles. The Morgan fingerprint density at radius 2 is 2.42 bits per heavy atom. The Bertz CT molecular complexity index is 389. The van der Waals surface area contributed by atoms with Crippen LogP contribution in [0.3, 0.4) is 0 Å². The van der Waals surface area contributed by atoms with Crippen LogP contribution in [0.5, 0.6) is 5.75 Å². The van der Waals surface area contributed by atoms with Crippen molar-refractivity contribution in [3.8, 4) is 5.75 Å². The topological polar surface area (TPSA) is 46.2 Å². The van der Waals surface area contributed by atoms with E-state index in [0.29, 0.717) is 5.41 Å². The fraction of sp³-hybridized carbons (Fsp3) is 0.667. The second-order valence-corrected chi connectivity index (χ2v) is 5.64. The van der Waals surface area contributed by atoms with Gasteiger partial charge in [0.15, 0.2) is 11.6 Å². The van der Waals surface area contributed by atoms with Crippen LogP contribution < -0.4 is 15.4 Å². The summed E-state index contributed by atoms with van der Waals surface area (Å²) in [5.41, 5.74) is 0.303. The number of hydrogen-bond donors (Lipinski definition) is 2. The van der Waals surface area contributed by atoms with Gasteiger partial charge >= 0.3 is 0 Å². The van der Waals surface area contributed by atoms with Crippen LogP contribution in [0.25, 0.3) is 0 Å². The number of nitrogens with zero attached hydrogens (tertiary/aromatic N) is 1. The molecule has 2 heterocycles. The van der Waals surface area contributed by atoms with Gasteiger partial charge < -0.3 is 15.4 Å². The Balaban J connectivity index is 1.94. The van der Waals surface area contributed by atoms with Crippen molar-refractivity contribution in [3.05, 3.63) is 18.3 Å². The minimum absolute atomic E-state index is 0.303. The van der Waals surface area contributed by atoms with Crippen molar-refractivity contribution in [2.45, 2.75) is 33.1 Å². The van der Waals surface area contributed by atoms with Gasteiger partial charge in [-0.2, -0.15) is 0 Å². The zero-order valence-electron chi connectivity index (χ0n) is 12.0. The molecule has 0 bridgehead atoms. The highest BCUT2D eigenvalue weighted by Gasteiger charge is 2.26. The van der Waals surface area contributed by atoms with Crippen molar-refractivity contribution >= 4 is 5.82 Å². The molecule has 1 aromatic rings. The molecule has 106 valence electrons. The van der Waals surface area contributed by atoms with Crippen molar-refractivity contribution in [2.75, 3.05) is 31.6 Å². The quantitative estimate of drug-likeness (QED) is 0.828. The Morgan fingerprint density at radius 1 is 1.53 bits per heavy atom. The maximum Gasteiger partial charge on any atom is 0.168 e. The summed E-state index contributed by atoms with van der Waals surface area (Å²) in [4.78, 5) is 4.39. The molecule has 2 N–H and O–H groups in total. The number of aromatic nitrogens is 1. The van der Waals surface area contributed by atoms with Crippen molar-refractivity contribution in [3.63, 3.8) is 0 Å². The van der Waals surface area contributed by atoms with Gasteiger partial charge in [0.2, 0.25) is 0 Å². The SMILES string of the molecule is CCCOc1cccnc1NCC1(C)CCCNC1. The van der Waals surface area contributed by atoms with E-state index >= 15 is 0 Å². The number of ether oxygens (including phenoxy) is 1. The summed E-state index contributed by atoms with van der Waals surface area (Å²) >= 11 is 0. The van der Waals surface area contributed by atoms with Crippen molar-refractivity contribution < 1.29 is 4.74 Å². The van der Waals surface area contributed by atoms with Crippen LogP contribution in [0.1, 0.15) is 33.1 Å². The summed E-state index contributed by atoms with van der Waals surface area (Å²) in [5, 5.41) is 6.93. The van der Waals surface area contributed by atoms with Gasteiger partial charge in [-0.3, -0.25) is 0 Å². The molecule has 0 aliphatic carbocycles. The average molecular weight is 263 g/mol. The van der Waals surface area contributed by atoms with Crippen LogP contribution in [0.2, 0.25) is 0 Å². The first kappa shape index (κ1) is 14.1. The van der Waals surface area contributed by atoms with Crippen LogP contribution in [0.4, 0.5) is 5.82 Å². The molecule has 0 spiro atoms. The van der Waals surface area contributed by atoms with Gasteiger partial charge in [0.1, 0.15) is 0 Å². The summed E-state index contributed by atoms with van der Waals surface area (Å²) in [5.74, 6) is 1.72. The molecule has 0 radical (unpaired) electrons. The molecule has 0 amide bonds. The zero-order chi connectivity index (χ0) is 13.6. The Morgan fingerprint density at radius 3 is 3.16 bits per heavy atom. The second-order valence-electron chi connectivity index (χ2n) is 5.64. The number of piperidine rings is 1. The molecule has 1 fully saturated rings. The molecule has 1 unspecified atom stereocenters. The lowest BCUT2D eigenvalue weighted by atomic mass is 9.83. The minimum Gasteiger partial charge on any atom is -0.490 e. The van der Waals surface area contributed by atoms with Crippen LogP contribution in [0.15, 0.2) is 18.3 Å². The lowest BCUT2D eigenvalue weighted by molar-refractivity contribution is 0.252. The van der Waals surface area contributed by atoms with Gasteiger partial charge in [0.25, 0.3) is 0 Å². The summed E-state index contributed by atoms with van der Waals surface area (Å²) in [7, 11) is 0. The largest absolute Gasteiger partial charge is 0.490 e. The smallest absolute Gasteiger partial charge is 0.168 e. The Labute approximate surface area is 116 Å². The maximum atomic E-state index is 5.72. The molecule has 1 aromatic heterocycles. The van der Waals surface area contributed by atoms with E-state index in [4.69, 9.17) is 4.74 Å². The second kappa shape index (κ2) is 6.75. The van der Waals surface area contributed by atoms with Crippen LogP contribution >= 0.6 is 0 Å². The number of pyridine rings is 1. The highest BCUT2D eigenvalue weighted by Crippen LogP contribution is 2.28. The lowest BCUT2D eigenvalue weighted by Gasteiger charge is -2.34. The molecule has 0 saturated carbocycles. The molecular formula is C15H25N3O. The van der Waals surface area contributed by atoms with E-state index in [1.54, 1.807) is 0 Å². The fourth-order valence-electron chi connectivity index (χ4n) is 2.42. The first-order chi connectivity index (χ1) is 9.23. The third-order valence-corrected chi connectivity index (χ3v) is 3.60. The Hall–Kier alpha value is -1.29. The van der Waals surface area contributed by atoms with Crippen LogP contribution in [0, 0.1) is 5.41 Å². The highest BCUT2D eigenvalue weighted by molar-refractivity contribution is 5.49. The van der Waals surface area contributed by atoms with Gasteiger partial charge in [-0.05, 0) is 43.4 Å². The van der Waals surface area contributed by atoms with Crippen molar-refractivity contribution in [1.29, 1.82) is 0 Å². The van der Waals surface area contributed by atoms with E-state index < -0.39 is 0 Å². The number of rotatable bonds is 6. The van der Waals surface area contributed by atoms with E-state index in [2.05, 4.69) is 29.5 Å². The highest BCUT2D eigenvalue weighted by atomic mass is 16.5. The molecule has 1 atom stereocenters. The summed E-state index contributed by atoms with van der Waals surface area (Å²) in [6.07, 6.45) is 5.32. The Kier molecular flexibility index (Phi) is 5.02. The molecule has 1 aliphatic rings. The van der Waals surface area contributed by atoms with Crippen LogP contribution in [-0.2, 0) is 0 Å². The van der Waals surface area contributed by atoms with E-state index in [0.717, 1.165) is 44.2 Å². The predicted molar refractivity (Wildman–Crippen MR) is 78.7 cm³/mol. The molecular weight excluding hydrogens is 238 g/mol. The van der Waals surface area contributed by atoms with Crippen LogP contribution in [-0.4, -0.2) is 31.2 Å². The van der Waals surface area contributed by atoms with E-state index in [9.17, 15) is 0 Å². The fourth-order valence-corrected chi connectivity index (χ4v) is 2.42. The lowest BCUT2D eigenvalue weighted by Crippen LogP contribution is -2.42. The van der Waals surface area contributed by atoms with Crippen molar-refractivity contribution in [1.82, 2.24) is 10.3 Å². The summed E-state index contributed by atoms with van der Waals surface area (Å²) in [6.45, 7) is 8.31. The average Bonchev–Trinajstić information content (AvgIpc) is 2.45. The van der Waals surface area contributed by atoms with Crippen molar-refractivity contribution in [2.24, 2.45) is 5.41 Å². The molecule has 4 nitrogen and oxygen atoms in total. The number of anilines is 1. The minimum atomic E-state index is 0.303. The molecule has 19 heavy (non-hydrogen) atoms. The third-order valence-electron chi connectivity index (χ3n) is 3.60. The molecule has 1 saturated heterocycles. The summed E-state index contributed by atoms with van der Waals surface area (Å²) in [6, 6.07) is 3.90. The van der Waals surface area contributed by atoms with E-state index in [1.807, 2.05) is 18.3 Å². The monoisotopic (exact) mass is 263 g/mol. The standard InChI is InChI=1S/C15H25N3O/c1-3-10-19-13-6-4-9-17-14(13)18-12-15(2)7-5-8-16-11-15/h4,6,9,16H,3,5,7-8,10-12H2,1-2H3,(H,17,18). The summed E-state index contributed by atoms with van der Waals surface area (Å²) < 4.78 is 5.72. The van der Waals surface area contributed by atoms with E-state index in [-0.39, 0.29) is 0 Å². The number of nitrogens with one attached hydrogen (secondary N) is 2. The molecule has 0 aromatic carbocycles. The zero-order valence-corrected chi connectivity index (χ0v) is 12.0. The molecule has 2 rings (SSSR count). The normalized spacial score (nSPS) is 23.1. The van der Waals surface area contributed by atoms with Gasteiger partial charge in [0, 0.05) is 19.3 Å².